The predicted molar refractivity (Wildman–Crippen MR) is 97.6 cm³/mol. The number of esters is 1. The summed E-state index contributed by atoms with van der Waals surface area (Å²) in [6, 6.07) is 15.9. The Hall–Kier alpha value is -2.18. The number of hydrogen-bond donors (Lipinski definition) is 2. The van der Waals surface area contributed by atoms with Crippen LogP contribution in [-0.2, 0) is 14.3 Å². The first kappa shape index (κ1) is 17.6. The Kier molecular flexibility index (Phi) is 4.92. The minimum absolute atomic E-state index is 0.0427. The lowest BCUT2D eigenvalue weighted by Crippen LogP contribution is -2.56. The van der Waals surface area contributed by atoms with Gasteiger partial charge in [0.2, 0.25) is 5.54 Å². The molecule has 0 fully saturated rings. The molecule has 2 aromatic carbocycles. The molecule has 2 aromatic rings. The SMILES string of the molecule is N[C@](CCBr)(C(=O)O)C(=O)OCC1c2ccccc2-c2ccccc21. The summed E-state index contributed by atoms with van der Waals surface area (Å²) in [5.41, 5.74) is 8.07. The molecule has 0 bridgehead atoms. The second-order valence-electron chi connectivity index (χ2n) is 6.04. The molecule has 0 saturated heterocycles. The maximum absolute atomic E-state index is 12.3. The van der Waals surface area contributed by atoms with Crippen molar-refractivity contribution in [3.05, 3.63) is 59.7 Å². The summed E-state index contributed by atoms with van der Waals surface area (Å²) in [4.78, 5) is 23.7. The molecule has 0 amide bonds. The van der Waals surface area contributed by atoms with E-state index in [1.807, 2.05) is 48.5 Å². The van der Waals surface area contributed by atoms with E-state index in [1.54, 1.807) is 0 Å². The largest absolute Gasteiger partial charge is 0.479 e. The number of carboxylic acid groups (broad SMARTS) is 1. The highest BCUT2D eigenvalue weighted by atomic mass is 79.9. The van der Waals surface area contributed by atoms with E-state index < -0.39 is 17.5 Å². The van der Waals surface area contributed by atoms with Crippen molar-refractivity contribution >= 4 is 27.9 Å². The first-order valence-electron chi connectivity index (χ1n) is 7.92. The fraction of sp³-hybridized carbons (Fsp3) is 0.263. The van der Waals surface area contributed by atoms with Crippen LogP contribution in [0.1, 0.15) is 23.5 Å². The van der Waals surface area contributed by atoms with Crippen molar-refractivity contribution in [3.8, 4) is 11.1 Å². The Morgan fingerprint density at radius 2 is 1.60 bits per heavy atom. The van der Waals surface area contributed by atoms with Crippen LogP contribution in [0, 0.1) is 0 Å². The first-order chi connectivity index (χ1) is 12.0. The average Bonchev–Trinajstić information content (AvgIpc) is 2.93. The highest BCUT2D eigenvalue weighted by molar-refractivity contribution is 9.09. The molecule has 0 aromatic heterocycles. The minimum atomic E-state index is -2.04. The number of rotatable bonds is 6. The van der Waals surface area contributed by atoms with E-state index in [-0.39, 0.29) is 18.9 Å². The molecule has 0 unspecified atom stereocenters. The zero-order chi connectivity index (χ0) is 18.0. The Balaban J connectivity index is 1.84. The minimum Gasteiger partial charge on any atom is -0.479 e. The number of ether oxygens (including phenoxy) is 1. The van der Waals surface area contributed by atoms with E-state index in [9.17, 15) is 14.7 Å². The van der Waals surface area contributed by atoms with Crippen molar-refractivity contribution in [3.63, 3.8) is 0 Å². The van der Waals surface area contributed by atoms with Gasteiger partial charge in [0.05, 0.1) is 0 Å². The third-order valence-corrected chi connectivity index (χ3v) is 4.97. The van der Waals surface area contributed by atoms with Crippen molar-refractivity contribution in [2.24, 2.45) is 5.73 Å². The fourth-order valence-electron chi connectivity index (χ4n) is 3.17. The van der Waals surface area contributed by atoms with Crippen molar-refractivity contribution in [2.75, 3.05) is 11.9 Å². The molecule has 1 atom stereocenters. The molecule has 3 N–H and O–H groups in total. The molecule has 1 aliphatic carbocycles. The summed E-state index contributed by atoms with van der Waals surface area (Å²) in [6.07, 6.45) is -0.0427. The third-order valence-electron chi connectivity index (χ3n) is 4.58. The van der Waals surface area contributed by atoms with Crippen LogP contribution in [-0.4, -0.2) is 34.5 Å². The van der Waals surface area contributed by atoms with E-state index in [0.29, 0.717) is 5.33 Å². The van der Waals surface area contributed by atoms with Crippen LogP contribution in [0.15, 0.2) is 48.5 Å². The molecule has 0 radical (unpaired) electrons. The highest BCUT2D eigenvalue weighted by Crippen LogP contribution is 2.44. The lowest BCUT2D eigenvalue weighted by atomic mass is 9.96. The summed E-state index contributed by atoms with van der Waals surface area (Å²) >= 11 is 3.13. The Labute approximate surface area is 153 Å². The molecule has 0 heterocycles. The smallest absolute Gasteiger partial charge is 0.337 e. The highest BCUT2D eigenvalue weighted by Gasteiger charge is 2.44. The zero-order valence-electron chi connectivity index (χ0n) is 13.4. The Bertz CT molecular complexity index is 777. The van der Waals surface area contributed by atoms with Crippen LogP contribution in [0.2, 0.25) is 0 Å². The van der Waals surface area contributed by atoms with Gasteiger partial charge in [0, 0.05) is 11.2 Å². The number of alkyl halides is 1. The van der Waals surface area contributed by atoms with E-state index in [2.05, 4.69) is 15.9 Å². The zero-order valence-corrected chi connectivity index (χ0v) is 15.0. The van der Waals surface area contributed by atoms with Crippen molar-refractivity contribution < 1.29 is 19.4 Å². The van der Waals surface area contributed by atoms with Gasteiger partial charge in [-0.05, 0) is 28.7 Å². The third kappa shape index (κ3) is 3.07. The van der Waals surface area contributed by atoms with Crippen molar-refractivity contribution in [2.45, 2.75) is 17.9 Å². The second-order valence-corrected chi connectivity index (χ2v) is 6.83. The molecule has 6 heteroatoms. The molecule has 0 aliphatic heterocycles. The molecule has 0 saturated carbocycles. The van der Waals surface area contributed by atoms with Crippen molar-refractivity contribution in [1.29, 1.82) is 0 Å². The number of benzene rings is 2. The summed E-state index contributed by atoms with van der Waals surface area (Å²) in [5.74, 6) is -2.43. The molecular formula is C19H18BrNO4. The van der Waals surface area contributed by atoms with Crippen LogP contribution >= 0.6 is 15.9 Å². The van der Waals surface area contributed by atoms with E-state index in [1.165, 1.54) is 0 Å². The van der Waals surface area contributed by atoms with E-state index >= 15 is 0 Å². The standard InChI is InChI=1S/C19H18BrNO4/c20-10-9-19(21,17(22)23)18(24)25-11-16-14-7-3-1-5-12(14)13-6-2-4-8-15(13)16/h1-8,16H,9-11,21H2,(H,22,23)/t19-/m1/s1. The first-order valence-corrected chi connectivity index (χ1v) is 9.05. The topological polar surface area (TPSA) is 89.6 Å². The quantitative estimate of drug-likeness (QED) is 0.439. The summed E-state index contributed by atoms with van der Waals surface area (Å²) in [5, 5.41) is 9.59. The second kappa shape index (κ2) is 6.98. The summed E-state index contributed by atoms with van der Waals surface area (Å²) in [7, 11) is 0. The Morgan fingerprint density at radius 3 is 2.08 bits per heavy atom. The van der Waals surface area contributed by atoms with Gasteiger partial charge < -0.3 is 15.6 Å². The lowest BCUT2D eigenvalue weighted by Gasteiger charge is -2.23. The van der Waals surface area contributed by atoms with Gasteiger partial charge in [-0.15, -0.1) is 0 Å². The molecule has 3 rings (SSSR count). The van der Waals surface area contributed by atoms with Gasteiger partial charge in [-0.25, -0.2) is 9.59 Å². The van der Waals surface area contributed by atoms with Gasteiger partial charge in [0.15, 0.2) is 0 Å². The number of aliphatic carboxylic acids is 1. The van der Waals surface area contributed by atoms with Gasteiger partial charge in [0.1, 0.15) is 6.61 Å². The molecule has 0 spiro atoms. The number of hydrogen-bond acceptors (Lipinski definition) is 4. The predicted octanol–water partition coefficient (Wildman–Crippen LogP) is 2.91. The van der Waals surface area contributed by atoms with Gasteiger partial charge in [-0.3, -0.25) is 0 Å². The number of nitrogens with two attached hydrogens (primary N) is 1. The van der Waals surface area contributed by atoms with Gasteiger partial charge in [-0.1, -0.05) is 64.5 Å². The number of carbonyl (C=O) groups excluding carboxylic acids is 1. The van der Waals surface area contributed by atoms with Gasteiger partial charge in [0.25, 0.3) is 0 Å². The fourth-order valence-corrected chi connectivity index (χ4v) is 3.80. The summed E-state index contributed by atoms with van der Waals surface area (Å²) in [6.45, 7) is 0.0569. The number of fused-ring (bicyclic) bond motifs is 3. The number of carbonyl (C=O) groups is 2. The van der Waals surface area contributed by atoms with Crippen LogP contribution in [0.4, 0.5) is 0 Å². The van der Waals surface area contributed by atoms with Crippen LogP contribution < -0.4 is 5.73 Å². The normalized spacial score (nSPS) is 15.1. The maximum atomic E-state index is 12.3. The molecular weight excluding hydrogens is 386 g/mol. The van der Waals surface area contributed by atoms with Crippen LogP contribution in [0.5, 0.6) is 0 Å². The van der Waals surface area contributed by atoms with E-state index in [4.69, 9.17) is 10.5 Å². The molecule has 5 nitrogen and oxygen atoms in total. The average molecular weight is 404 g/mol. The lowest BCUT2D eigenvalue weighted by molar-refractivity contribution is -0.161. The number of carboxylic acids is 1. The van der Waals surface area contributed by atoms with Crippen LogP contribution in [0.3, 0.4) is 0 Å². The Morgan fingerprint density at radius 1 is 1.08 bits per heavy atom. The van der Waals surface area contributed by atoms with Crippen LogP contribution in [0.25, 0.3) is 11.1 Å². The summed E-state index contributed by atoms with van der Waals surface area (Å²) < 4.78 is 5.35. The van der Waals surface area contributed by atoms with Gasteiger partial charge >= 0.3 is 11.9 Å². The number of halogens is 1. The molecule has 1 aliphatic rings. The molecule has 130 valence electrons. The van der Waals surface area contributed by atoms with Crippen molar-refractivity contribution in [1.82, 2.24) is 0 Å². The monoisotopic (exact) mass is 403 g/mol. The van der Waals surface area contributed by atoms with Gasteiger partial charge in [-0.2, -0.15) is 0 Å². The van der Waals surface area contributed by atoms with E-state index in [0.717, 1.165) is 22.3 Å². The molecule has 25 heavy (non-hydrogen) atoms. The maximum Gasteiger partial charge on any atom is 0.337 e.